The minimum absolute atomic E-state index is 0.355. The molecule has 33 heavy (non-hydrogen) atoms. The van der Waals surface area contributed by atoms with E-state index >= 15 is 4.39 Å². The van der Waals surface area contributed by atoms with Crippen molar-refractivity contribution in [1.82, 2.24) is 15.0 Å². The SMILES string of the molecule is Cc1ccccc1C1CCN(c2nc(C3(F)CCC3)nc3cnc(N4CCCC4)cc23)CC1. The van der Waals surface area contributed by atoms with Crippen LogP contribution in [0.25, 0.3) is 10.9 Å². The number of hydrogen-bond acceptors (Lipinski definition) is 5. The summed E-state index contributed by atoms with van der Waals surface area (Å²) in [4.78, 5) is 19.0. The zero-order valence-corrected chi connectivity index (χ0v) is 19.4. The second-order valence-electron chi connectivity index (χ2n) is 10.1. The van der Waals surface area contributed by atoms with Gasteiger partial charge >= 0.3 is 0 Å². The first-order valence-corrected chi connectivity index (χ1v) is 12.5. The lowest BCUT2D eigenvalue weighted by molar-refractivity contribution is 0.0512. The van der Waals surface area contributed by atoms with Gasteiger partial charge in [0.2, 0.25) is 0 Å². The molecule has 0 bridgehead atoms. The van der Waals surface area contributed by atoms with Crippen LogP contribution in [0.5, 0.6) is 0 Å². The molecule has 0 atom stereocenters. The number of aromatic nitrogens is 3. The predicted molar refractivity (Wildman–Crippen MR) is 131 cm³/mol. The third-order valence-corrected chi connectivity index (χ3v) is 7.95. The molecule has 0 radical (unpaired) electrons. The molecule has 6 heteroatoms. The fourth-order valence-corrected chi connectivity index (χ4v) is 5.72. The van der Waals surface area contributed by atoms with Crippen molar-refractivity contribution in [1.29, 1.82) is 0 Å². The molecule has 3 aromatic rings. The Morgan fingerprint density at radius 2 is 1.70 bits per heavy atom. The van der Waals surface area contributed by atoms with Crippen molar-refractivity contribution in [2.75, 3.05) is 36.0 Å². The fraction of sp³-hybridized carbons (Fsp3) is 0.519. The Hall–Kier alpha value is -2.76. The second kappa shape index (κ2) is 8.23. The van der Waals surface area contributed by atoms with Gasteiger partial charge in [0.25, 0.3) is 0 Å². The van der Waals surface area contributed by atoms with Crippen molar-refractivity contribution in [3.05, 3.63) is 53.5 Å². The summed E-state index contributed by atoms with van der Waals surface area (Å²) in [5.41, 5.74) is 2.22. The van der Waals surface area contributed by atoms with Gasteiger partial charge in [-0.25, -0.2) is 19.3 Å². The largest absolute Gasteiger partial charge is 0.357 e. The lowest BCUT2D eigenvalue weighted by Gasteiger charge is -2.36. The van der Waals surface area contributed by atoms with Gasteiger partial charge in [-0.15, -0.1) is 0 Å². The molecule has 0 spiro atoms. The molecule has 6 rings (SSSR count). The highest BCUT2D eigenvalue weighted by Gasteiger charge is 2.42. The Labute approximate surface area is 195 Å². The molecule has 3 fully saturated rings. The summed E-state index contributed by atoms with van der Waals surface area (Å²) in [6, 6.07) is 10.9. The molecule has 3 aliphatic rings. The van der Waals surface area contributed by atoms with Crippen LogP contribution in [0.2, 0.25) is 0 Å². The summed E-state index contributed by atoms with van der Waals surface area (Å²) in [6.07, 6.45) is 8.35. The Bertz CT molecular complexity index is 1160. The molecule has 1 aromatic carbocycles. The molecule has 2 saturated heterocycles. The molecule has 2 aromatic heterocycles. The molecule has 5 nitrogen and oxygen atoms in total. The molecular formula is C27H32FN5. The summed E-state index contributed by atoms with van der Waals surface area (Å²) in [5.74, 6) is 2.81. The van der Waals surface area contributed by atoms with Gasteiger partial charge in [-0.3, -0.25) is 0 Å². The maximum Gasteiger partial charge on any atom is 0.170 e. The van der Waals surface area contributed by atoms with E-state index in [-0.39, 0.29) is 0 Å². The van der Waals surface area contributed by atoms with Crippen LogP contribution in [-0.2, 0) is 5.67 Å². The average Bonchev–Trinajstić information content (AvgIpc) is 3.37. The zero-order chi connectivity index (χ0) is 22.4. The summed E-state index contributed by atoms with van der Waals surface area (Å²) >= 11 is 0. The van der Waals surface area contributed by atoms with Gasteiger partial charge in [0.15, 0.2) is 11.5 Å². The van der Waals surface area contributed by atoms with Crippen LogP contribution in [0.4, 0.5) is 16.0 Å². The van der Waals surface area contributed by atoms with Crippen molar-refractivity contribution in [3.8, 4) is 0 Å². The van der Waals surface area contributed by atoms with E-state index < -0.39 is 5.67 Å². The van der Waals surface area contributed by atoms with Crippen LogP contribution in [0, 0.1) is 6.92 Å². The first-order valence-electron chi connectivity index (χ1n) is 12.5. The van der Waals surface area contributed by atoms with E-state index in [0.29, 0.717) is 24.6 Å². The van der Waals surface area contributed by atoms with Gasteiger partial charge in [-0.2, -0.15) is 0 Å². The number of aryl methyl sites for hydroxylation is 1. The maximum absolute atomic E-state index is 15.4. The number of alkyl halides is 1. The summed E-state index contributed by atoms with van der Waals surface area (Å²) in [6.45, 7) is 6.14. The van der Waals surface area contributed by atoms with E-state index in [1.807, 2.05) is 6.20 Å². The van der Waals surface area contributed by atoms with E-state index in [1.54, 1.807) is 0 Å². The van der Waals surface area contributed by atoms with Crippen molar-refractivity contribution in [3.63, 3.8) is 0 Å². The van der Waals surface area contributed by atoms with Crippen LogP contribution in [0.15, 0.2) is 36.5 Å². The summed E-state index contributed by atoms with van der Waals surface area (Å²) in [7, 11) is 0. The van der Waals surface area contributed by atoms with Gasteiger partial charge in [-0.1, -0.05) is 24.3 Å². The number of halogens is 1. The number of piperidine rings is 1. The monoisotopic (exact) mass is 445 g/mol. The van der Waals surface area contributed by atoms with Crippen LogP contribution < -0.4 is 9.80 Å². The summed E-state index contributed by atoms with van der Waals surface area (Å²) in [5, 5.41) is 1.01. The normalized spacial score (nSPS) is 20.9. The molecule has 4 heterocycles. The number of pyridine rings is 1. The molecular weight excluding hydrogens is 413 g/mol. The van der Waals surface area contributed by atoms with E-state index in [1.165, 1.54) is 24.0 Å². The van der Waals surface area contributed by atoms with E-state index in [0.717, 1.165) is 68.0 Å². The first kappa shape index (κ1) is 20.8. The number of anilines is 2. The number of benzene rings is 1. The van der Waals surface area contributed by atoms with Crippen LogP contribution in [0.1, 0.15) is 67.8 Å². The number of hydrogen-bond donors (Lipinski definition) is 0. The van der Waals surface area contributed by atoms with Crippen LogP contribution >= 0.6 is 0 Å². The molecule has 172 valence electrons. The second-order valence-corrected chi connectivity index (χ2v) is 10.1. The average molecular weight is 446 g/mol. The third kappa shape index (κ3) is 3.73. The van der Waals surface area contributed by atoms with Crippen molar-refractivity contribution < 1.29 is 4.39 Å². The standard InChI is InChI=1S/C27H32FN5/c1-19-7-2-3-8-21(19)20-9-15-33(16-10-20)25-22-17-24(32-13-4-5-14-32)29-18-23(22)30-26(31-25)27(28)11-6-12-27/h2-3,7-8,17-18,20H,4-6,9-16H2,1H3. The molecule has 0 amide bonds. The molecule has 0 unspecified atom stereocenters. The Kier molecular flexibility index (Phi) is 5.19. The van der Waals surface area contributed by atoms with Crippen LogP contribution in [-0.4, -0.2) is 41.1 Å². The van der Waals surface area contributed by atoms with Crippen LogP contribution in [0.3, 0.4) is 0 Å². The smallest absolute Gasteiger partial charge is 0.170 e. The molecule has 1 saturated carbocycles. The molecule has 2 aliphatic heterocycles. The number of fused-ring (bicyclic) bond motifs is 1. The topological polar surface area (TPSA) is 45.2 Å². The Balaban J connectivity index is 1.35. The van der Waals surface area contributed by atoms with Crippen molar-refractivity contribution in [2.45, 2.75) is 63.5 Å². The van der Waals surface area contributed by atoms with Gasteiger partial charge in [0.1, 0.15) is 11.6 Å². The highest BCUT2D eigenvalue weighted by Crippen LogP contribution is 2.45. The summed E-state index contributed by atoms with van der Waals surface area (Å²) < 4.78 is 15.4. The zero-order valence-electron chi connectivity index (χ0n) is 19.4. The maximum atomic E-state index is 15.4. The van der Waals surface area contributed by atoms with Gasteiger partial charge in [-0.05, 0) is 75.0 Å². The highest BCUT2D eigenvalue weighted by atomic mass is 19.1. The number of nitrogens with zero attached hydrogens (tertiary/aromatic N) is 5. The Morgan fingerprint density at radius 3 is 2.39 bits per heavy atom. The van der Waals surface area contributed by atoms with Gasteiger partial charge in [0.05, 0.1) is 11.7 Å². The third-order valence-electron chi connectivity index (χ3n) is 7.95. The van der Waals surface area contributed by atoms with Gasteiger partial charge < -0.3 is 9.80 Å². The van der Waals surface area contributed by atoms with E-state index in [9.17, 15) is 0 Å². The highest BCUT2D eigenvalue weighted by molar-refractivity contribution is 5.91. The predicted octanol–water partition coefficient (Wildman–Crippen LogP) is 5.67. The minimum Gasteiger partial charge on any atom is -0.357 e. The van der Waals surface area contributed by atoms with E-state index in [2.05, 4.69) is 52.0 Å². The minimum atomic E-state index is -1.38. The quantitative estimate of drug-likeness (QED) is 0.518. The van der Waals surface area contributed by atoms with Gasteiger partial charge in [0, 0.05) is 31.6 Å². The van der Waals surface area contributed by atoms with E-state index in [4.69, 9.17) is 9.97 Å². The van der Waals surface area contributed by atoms with Crippen molar-refractivity contribution >= 4 is 22.5 Å². The number of rotatable bonds is 4. The molecule has 0 N–H and O–H groups in total. The fourth-order valence-electron chi connectivity index (χ4n) is 5.72. The van der Waals surface area contributed by atoms with Crippen molar-refractivity contribution in [2.24, 2.45) is 0 Å². The Morgan fingerprint density at radius 1 is 0.939 bits per heavy atom. The first-order chi connectivity index (χ1) is 16.1. The molecule has 1 aliphatic carbocycles. The lowest BCUT2D eigenvalue weighted by atomic mass is 9.81. The lowest BCUT2D eigenvalue weighted by Crippen LogP contribution is -2.36.